The maximum atomic E-state index is 12.3. The van der Waals surface area contributed by atoms with Crippen molar-refractivity contribution in [2.45, 2.75) is 23.4 Å². The van der Waals surface area contributed by atoms with Crippen molar-refractivity contribution in [3.05, 3.63) is 42.2 Å². The van der Waals surface area contributed by atoms with Gasteiger partial charge in [-0.15, -0.1) is 0 Å². The van der Waals surface area contributed by atoms with Crippen LogP contribution < -0.4 is 10.5 Å². The van der Waals surface area contributed by atoms with Crippen molar-refractivity contribution in [3.63, 3.8) is 0 Å². The molecule has 1 heterocycles. The molecule has 1 aromatic carbocycles. The minimum Gasteiger partial charge on any atom is -0.381 e. The van der Waals surface area contributed by atoms with Gasteiger partial charge in [-0.05, 0) is 12.0 Å². The SMILES string of the molecule is Cn1cnc(N)c1S(=O)(=O)NC1CC1c1ccccc1. The summed E-state index contributed by atoms with van der Waals surface area (Å²) in [4.78, 5) is 3.81. The first-order chi connectivity index (χ1) is 9.49. The second-order valence-corrected chi connectivity index (χ2v) is 6.66. The molecule has 0 amide bonds. The van der Waals surface area contributed by atoms with Crippen molar-refractivity contribution in [3.8, 4) is 0 Å². The lowest BCUT2D eigenvalue weighted by atomic mass is 10.1. The molecule has 0 bridgehead atoms. The van der Waals surface area contributed by atoms with Crippen LogP contribution in [0.5, 0.6) is 0 Å². The highest BCUT2D eigenvalue weighted by Crippen LogP contribution is 2.41. The molecule has 106 valence electrons. The predicted octanol–water partition coefficient (Wildman–Crippen LogP) is 0.837. The molecule has 6 nitrogen and oxygen atoms in total. The van der Waals surface area contributed by atoms with E-state index in [0.717, 1.165) is 12.0 Å². The van der Waals surface area contributed by atoms with Crippen LogP contribution in [0.15, 0.2) is 41.7 Å². The first-order valence-electron chi connectivity index (χ1n) is 6.33. The van der Waals surface area contributed by atoms with E-state index >= 15 is 0 Å². The smallest absolute Gasteiger partial charge is 0.260 e. The van der Waals surface area contributed by atoms with Crippen LogP contribution in [0, 0.1) is 0 Å². The van der Waals surface area contributed by atoms with E-state index in [1.54, 1.807) is 7.05 Å². The molecular weight excluding hydrogens is 276 g/mol. The quantitative estimate of drug-likeness (QED) is 0.873. The van der Waals surface area contributed by atoms with Crippen LogP contribution >= 0.6 is 0 Å². The van der Waals surface area contributed by atoms with Gasteiger partial charge in [0.05, 0.1) is 6.33 Å². The minimum absolute atomic E-state index is 0.0243. The third-order valence-corrected chi connectivity index (χ3v) is 5.11. The van der Waals surface area contributed by atoms with Crippen LogP contribution in [0.4, 0.5) is 5.82 Å². The normalized spacial score (nSPS) is 21.9. The van der Waals surface area contributed by atoms with Crippen LogP contribution in [-0.2, 0) is 17.1 Å². The Hall–Kier alpha value is -1.86. The van der Waals surface area contributed by atoms with Crippen LogP contribution in [-0.4, -0.2) is 24.0 Å². The fraction of sp³-hybridized carbons (Fsp3) is 0.308. The Labute approximate surface area is 117 Å². The Morgan fingerprint density at radius 2 is 2.05 bits per heavy atom. The van der Waals surface area contributed by atoms with Gasteiger partial charge < -0.3 is 10.3 Å². The van der Waals surface area contributed by atoms with Crippen molar-refractivity contribution in [2.24, 2.45) is 7.05 Å². The Morgan fingerprint density at radius 1 is 1.35 bits per heavy atom. The third-order valence-electron chi connectivity index (χ3n) is 3.49. The summed E-state index contributed by atoms with van der Waals surface area (Å²) in [6.45, 7) is 0. The number of nitrogens with one attached hydrogen (secondary N) is 1. The molecule has 1 saturated carbocycles. The van der Waals surface area contributed by atoms with Crippen LogP contribution in [0.25, 0.3) is 0 Å². The van der Waals surface area contributed by atoms with E-state index in [2.05, 4.69) is 9.71 Å². The Morgan fingerprint density at radius 3 is 2.65 bits per heavy atom. The van der Waals surface area contributed by atoms with Crippen molar-refractivity contribution >= 4 is 15.8 Å². The van der Waals surface area contributed by atoms with E-state index in [1.165, 1.54) is 10.9 Å². The van der Waals surface area contributed by atoms with Gasteiger partial charge in [0.1, 0.15) is 0 Å². The average molecular weight is 292 g/mol. The van der Waals surface area contributed by atoms with Gasteiger partial charge in [0.15, 0.2) is 10.8 Å². The van der Waals surface area contributed by atoms with Crippen molar-refractivity contribution in [1.82, 2.24) is 14.3 Å². The highest BCUT2D eigenvalue weighted by atomic mass is 32.2. The van der Waals surface area contributed by atoms with Crippen LogP contribution in [0.2, 0.25) is 0 Å². The van der Waals surface area contributed by atoms with Gasteiger partial charge in [-0.25, -0.2) is 18.1 Å². The predicted molar refractivity (Wildman–Crippen MR) is 75.5 cm³/mol. The van der Waals surface area contributed by atoms with E-state index < -0.39 is 10.0 Å². The lowest BCUT2D eigenvalue weighted by Gasteiger charge is -2.07. The van der Waals surface area contributed by atoms with Gasteiger partial charge in [0.25, 0.3) is 10.0 Å². The lowest BCUT2D eigenvalue weighted by Crippen LogP contribution is -2.29. The van der Waals surface area contributed by atoms with E-state index in [-0.39, 0.29) is 22.8 Å². The molecule has 2 unspecified atom stereocenters. The number of nitrogens with zero attached hydrogens (tertiary/aromatic N) is 2. The van der Waals surface area contributed by atoms with Gasteiger partial charge in [-0.1, -0.05) is 30.3 Å². The summed E-state index contributed by atoms with van der Waals surface area (Å²) in [5, 5.41) is 0.0243. The maximum absolute atomic E-state index is 12.3. The number of hydrogen-bond acceptors (Lipinski definition) is 4. The largest absolute Gasteiger partial charge is 0.381 e. The molecule has 1 fully saturated rings. The zero-order valence-corrected chi connectivity index (χ0v) is 11.8. The van der Waals surface area contributed by atoms with E-state index in [4.69, 9.17) is 5.73 Å². The number of imidazole rings is 1. The molecule has 1 aliphatic rings. The molecule has 20 heavy (non-hydrogen) atoms. The number of sulfonamides is 1. The third kappa shape index (κ3) is 2.30. The summed E-state index contributed by atoms with van der Waals surface area (Å²) >= 11 is 0. The number of anilines is 1. The monoisotopic (exact) mass is 292 g/mol. The molecular formula is C13H16N4O2S. The van der Waals surface area contributed by atoms with Gasteiger partial charge in [-0.3, -0.25) is 0 Å². The summed E-state index contributed by atoms with van der Waals surface area (Å²) in [6.07, 6.45) is 2.20. The van der Waals surface area contributed by atoms with E-state index in [1.807, 2.05) is 30.3 Å². The van der Waals surface area contributed by atoms with E-state index in [9.17, 15) is 8.42 Å². The molecule has 3 rings (SSSR count). The second kappa shape index (κ2) is 4.60. The van der Waals surface area contributed by atoms with Gasteiger partial charge in [0.2, 0.25) is 0 Å². The molecule has 0 saturated heterocycles. The topological polar surface area (TPSA) is 90.0 Å². The Kier molecular flexibility index (Phi) is 3.02. The zero-order valence-electron chi connectivity index (χ0n) is 11.0. The molecule has 0 aliphatic heterocycles. The molecule has 2 atom stereocenters. The molecule has 0 radical (unpaired) electrons. The average Bonchev–Trinajstić information content (AvgIpc) is 3.06. The molecule has 2 aromatic rings. The number of aryl methyl sites for hydroxylation is 1. The molecule has 0 spiro atoms. The minimum atomic E-state index is -3.63. The van der Waals surface area contributed by atoms with Crippen molar-refractivity contribution in [1.29, 1.82) is 0 Å². The Bertz CT molecular complexity index is 705. The number of benzene rings is 1. The van der Waals surface area contributed by atoms with Crippen molar-refractivity contribution < 1.29 is 8.42 Å². The highest BCUT2D eigenvalue weighted by Gasteiger charge is 2.42. The zero-order chi connectivity index (χ0) is 14.3. The molecule has 3 N–H and O–H groups in total. The first kappa shape index (κ1) is 13.1. The van der Waals surface area contributed by atoms with Gasteiger partial charge in [-0.2, -0.15) is 0 Å². The number of hydrogen-bond donors (Lipinski definition) is 2. The molecule has 7 heteroatoms. The maximum Gasteiger partial charge on any atom is 0.260 e. The van der Waals surface area contributed by atoms with Crippen LogP contribution in [0.1, 0.15) is 17.9 Å². The molecule has 1 aliphatic carbocycles. The van der Waals surface area contributed by atoms with Crippen LogP contribution in [0.3, 0.4) is 0 Å². The van der Waals surface area contributed by atoms with Crippen molar-refractivity contribution in [2.75, 3.05) is 5.73 Å². The summed E-state index contributed by atoms with van der Waals surface area (Å²) in [5.41, 5.74) is 6.77. The summed E-state index contributed by atoms with van der Waals surface area (Å²) in [6, 6.07) is 9.81. The first-order valence-corrected chi connectivity index (χ1v) is 7.81. The number of aromatic nitrogens is 2. The fourth-order valence-electron chi connectivity index (χ4n) is 2.41. The van der Waals surface area contributed by atoms with Gasteiger partial charge in [0, 0.05) is 19.0 Å². The summed E-state index contributed by atoms with van der Waals surface area (Å²) < 4.78 is 28.7. The number of rotatable bonds is 4. The fourth-order valence-corrected chi connectivity index (χ4v) is 3.94. The molecule has 1 aromatic heterocycles. The number of nitrogen functional groups attached to an aromatic ring is 1. The highest BCUT2D eigenvalue weighted by molar-refractivity contribution is 7.89. The lowest BCUT2D eigenvalue weighted by molar-refractivity contribution is 0.570. The standard InChI is InChI=1S/C13H16N4O2S/c1-17-8-15-12(14)13(17)20(18,19)16-11-7-10(11)9-5-3-2-4-6-9/h2-6,8,10-11,16H,7,14H2,1H3. The summed E-state index contributed by atoms with van der Waals surface area (Å²) in [5.74, 6) is 0.261. The van der Waals surface area contributed by atoms with E-state index in [0.29, 0.717) is 0 Å². The summed E-state index contributed by atoms with van der Waals surface area (Å²) in [7, 11) is -2.02. The van der Waals surface area contributed by atoms with Gasteiger partial charge >= 0.3 is 0 Å². The second-order valence-electron chi connectivity index (χ2n) is 5.03. The Balaban J connectivity index is 1.77. The number of nitrogens with two attached hydrogens (primary N) is 1.